The van der Waals surface area contributed by atoms with Crippen molar-refractivity contribution in [1.29, 1.82) is 0 Å². The van der Waals surface area contributed by atoms with Gasteiger partial charge in [-0.3, -0.25) is 9.59 Å². The molecule has 1 aromatic heterocycles. The number of carbonyl (C=O) groups excluding carboxylic acids is 2. The van der Waals surface area contributed by atoms with E-state index in [4.69, 9.17) is 0 Å². The fraction of sp³-hybridized carbons (Fsp3) is 0.650. The van der Waals surface area contributed by atoms with Crippen LogP contribution in [-0.2, 0) is 16.1 Å². The summed E-state index contributed by atoms with van der Waals surface area (Å²) >= 11 is 0. The number of anilines is 1. The molecule has 0 spiro atoms. The van der Waals surface area contributed by atoms with Gasteiger partial charge < -0.3 is 15.5 Å². The van der Waals surface area contributed by atoms with Crippen molar-refractivity contribution in [3.63, 3.8) is 0 Å². The van der Waals surface area contributed by atoms with Crippen molar-refractivity contribution in [3.05, 3.63) is 23.9 Å². The third kappa shape index (κ3) is 5.44. The molecule has 0 radical (unpaired) electrons. The topological polar surface area (TPSA) is 74.3 Å². The summed E-state index contributed by atoms with van der Waals surface area (Å²) in [5, 5.41) is 5.73. The number of carbonyl (C=O) groups is 2. The summed E-state index contributed by atoms with van der Waals surface area (Å²) in [5.41, 5.74) is 0.993. The summed E-state index contributed by atoms with van der Waals surface area (Å²) in [7, 11) is 0. The predicted octanol–water partition coefficient (Wildman–Crippen LogP) is 2.24. The van der Waals surface area contributed by atoms with Gasteiger partial charge in [0.1, 0.15) is 5.82 Å². The second-order valence-corrected chi connectivity index (χ2v) is 7.56. The molecule has 0 unspecified atom stereocenters. The first-order chi connectivity index (χ1) is 12.6. The van der Waals surface area contributed by atoms with Gasteiger partial charge in [0, 0.05) is 44.7 Å². The summed E-state index contributed by atoms with van der Waals surface area (Å²) in [6.45, 7) is 5.10. The van der Waals surface area contributed by atoms with Crippen LogP contribution in [0.25, 0.3) is 0 Å². The van der Waals surface area contributed by atoms with Crippen molar-refractivity contribution in [2.75, 3.05) is 24.5 Å². The SMILES string of the molecule is C[C@H]1C[C@@H]1C(=O)NCCC(=O)NCc1ccc(N2CCCCCC2)nc1. The lowest BCUT2D eigenvalue weighted by atomic mass is 10.2. The highest BCUT2D eigenvalue weighted by Gasteiger charge is 2.38. The second kappa shape index (κ2) is 9.01. The molecule has 2 aliphatic rings. The summed E-state index contributed by atoms with van der Waals surface area (Å²) < 4.78 is 0. The van der Waals surface area contributed by atoms with Gasteiger partial charge in [0.25, 0.3) is 0 Å². The van der Waals surface area contributed by atoms with Crippen LogP contribution in [0.5, 0.6) is 0 Å². The van der Waals surface area contributed by atoms with E-state index in [0.717, 1.165) is 30.9 Å². The fourth-order valence-electron chi connectivity index (χ4n) is 3.41. The first-order valence-electron chi connectivity index (χ1n) is 9.88. The van der Waals surface area contributed by atoms with Gasteiger partial charge in [-0.15, -0.1) is 0 Å². The molecule has 0 aromatic carbocycles. The quantitative estimate of drug-likeness (QED) is 0.784. The van der Waals surface area contributed by atoms with Crippen LogP contribution in [0.3, 0.4) is 0 Å². The van der Waals surface area contributed by atoms with Crippen LogP contribution in [0.15, 0.2) is 18.3 Å². The van der Waals surface area contributed by atoms with E-state index in [1.807, 2.05) is 18.3 Å². The third-order valence-electron chi connectivity index (χ3n) is 5.33. The zero-order valence-electron chi connectivity index (χ0n) is 15.7. The highest BCUT2D eigenvalue weighted by Crippen LogP contribution is 2.37. The Morgan fingerprint density at radius 1 is 1.15 bits per heavy atom. The van der Waals surface area contributed by atoms with Crippen LogP contribution in [0, 0.1) is 11.8 Å². The van der Waals surface area contributed by atoms with Crippen LogP contribution in [0.1, 0.15) is 51.0 Å². The molecule has 3 rings (SSSR count). The molecule has 2 atom stereocenters. The van der Waals surface area contributed by atoms with E-state index < -0.39 is 0 Å². The molecule has 1 aliphatic heterocycles. The average Bonchev–Trinajstić information content (AvgIpc) is 3.43. The highest BCUT2D eigenvalue weighted by atomic mass is 16.2. The molecule has 2 heterocycles. The summed E-state index contributed by atoms with van der Waals surface area (Å²) in [5.74, 6) is 1.71. The number of pyridine rings is 1. The largest absolute Gasteiger partial charge is 0.357 e. The first-order valence-corrected chi connectivity index (χ1v) is 9.88. The zero-order chi connectivity index (χ0) is 18.4. The van der Waals surface area contributed by atoms with Crippen molar-refractivity contribution in [1.82, 2.24) is 15.6 Å². The van der Waals surface area contributed by atoms with Gasteiger partial charge in [0.05, 0.1) is 0 Å². The maximum absolute atomic E-state index is 11.9. The lowest BCUT2D eigenvalue weighted by molar-refractivity contribution is -0.123. The van der Waals surface area contributed by atoms with Crippen molar-refractivity contribution in [3.8, 4) is 0 Å². The molecular formula is C20H30N4O2. The van der Waals surface area contributed by atoms with E-state index in [0.29, 0.717) is 25.4 Å². The maximum atomic E-state index is 11.9. The smallest absolute Gasteiger partial charge is 0.223 e. The Kier molecular flexibility index (Phi) is 6.47. The van der Waals surface area contributed by atoms with Gasteiger partial charge in [0.2, 0.25) is 11.8 Å². The molecule has 6 heteroatoms. The van der Waals surface area contributed by atoms with E-state index in [1.165, 1.54) is 25.7 Å². The van der Waals surface area contributed by atoms with E-state index >= 15 is 0 Å². The highest BCUT2D eigenvalue weighted by molar-refractivity contribution is 5.82. The van der Waals surface area contributed by atoms with Crippen molar-refractivity contribution < 1.29 is 9.59 Å². The molecule has 2 fully saturated rings. The molecule has 1 aliphatic carbocycles. The molecule has 1 aromatic rings. The summed E-state index contributed by atoms with van der Waals surface area (Å²) in [6.07, 6.45) is 8.20. The number of amides is 2. The average molecular weight is 358 g/mol. The molecule has 2 N–H and O–H groups in total. The Hall–Kier alpha value is -2.11. The van der Waals surface area contributed by atoms with Crippen LogP contribution in [0.2, 0.25) is 0 Å². The van der Waals surface area contributed by atoms with E-state index in [1.54, 1.807) is 0 Å². The van der Waals surface area contributed by atoms with Crippen molar-refractivity contribution in [2.24, 2.45) is 11.8 Å². The zero-order valence-corrected chi connectivity index (χ0v) is 15.7. The molecule has 1 saturated heterocycles. The lowest BCUT2D eigenvalue weighted by Gasteiger charge is -2.21. The Morgan fingerprint density at radius 2 is 1.88 bits per heavy atom. The second-order valence-electron chi connectivity index (χ2n) is 7.56. The number of nitrogens with zero attached hydrogens (tertiary/aromatic N) is 2. The molecule has 26 heavy (non-hydrogen) atoms. The number of hydrogen-bond acceptors (Lipinski definition) is 4. The number of nitrogens with one attached hydrogen (secondary N) is 2. The Bertz CT molecular complexity index is 609. The van der Waals surface area contributed by atoms with Crippen molar-refractivity contribution >= 4 is 17.6 Å². The Labute approximate surface area is 155 Å². The molecule has 142 valence electrons. The van der Waals surface area contributed by atoms with Crippen LogP contribution >= 0.6 is 0 Å². The van der Waals surface area contributed by atoms with Gasteiger partial charge in [-0.05, 0) is 36.8 Å². The number of aromatic nitrogens is 1. The van der Waals surface area contributed by atoms with E-state index in [9.17, 15) is 9.59 Å². The standard InChI is InChI=1S/C20H30N4O2/c1-15-12-17(15)20(26)21-9-8-19(25)23-14-16-6-7-18(22-13-16)24-10-4-2-3-5-11-24/h6-7,13,15,17H,2-5,8-12,14H2,1H3,(H,21,26)(H,23,25)/t15-,17-/m0/s1. The molecular weight excluding hydrogens is 328 g/mol. The van der Waals surface area contributed by atoms with Gasteiger partial charge in [0.15, 0.2) is 0 Å². The van der Waals surface area contributed by atoms with Gasteiger partial charge in [-0.25, -0.2) is 4.98 Å². The third-order valence-corrected chi connectivity index (χ3v) is 5.33. The minimum atomic E-state index is -0.0502. The Balaban J connectivity index is 1.36. The van der Waals surface area contributed by atoms with E-state index in [-0.39, 0.29) is 17.7 Å². The fourth-order valence-corrected chi connectivity index (χ4v) is 3.41. The molecule has 6 nitrogen and oxygen atoms in total. The van der Waals surface area contributed by atoms with Gasteiger partial charge >= 0.3 is 0 Å². The van der Waals surface area contributed by atoms with Crippen LogP contribution < -0.4 is 15.5 Å². The minimum Gasteiger partial charge on any atom is -0.357 e. The van der Waals surface area contributed by atoms with Gasteiger partial charge in [-0.1, -0.05) is 25.8 Å². The lowest BCUT2D eigenvalue weighted by Crippen LogP contribution is -2.31. The maximum Gasteiger partial charge on any atom is 0.223 e. The predicted molar refractivity (Wildman–Crippen MR) is 102 cm³/mol. The van der Waals surface area contributed by atoms with Gasteiger partial charge in [-0.2, -0.15) is 0 Å². The number of hydrogen-bond donors (Lipinski definition) is 2. The Morgan fingerprint density at radius 3 is 2.50 bits per heavy atom. The monoisotopic (exact) mass is 358 g/mol. The normalized spacial score (nSPS) is 22.4. The van der Waals surface area contributed by atoms with Crippen LogP contribution in [0.4, 0.5) is 5.82 Å². The summed E-state index contributed by atoms with van der Waals surface area (Å²) in [6, 6.07) is 4.08. The van der Waals surface area contributed by atoms with Crippen molar-refractivity contribution in [2.45, 2.75) is 52.0 Å². The molecule has 2 amide bonds. The minimum absolute atomic E-state index is 0.0502. The molecule has 1 saturated carbocycles. The van der Waals surface area contributed by atoms with Crippen LogP contribution in [-0.4, -0.2) is 36.4 Å². The number of rotatable bonds is 7. The van der Waals surface area contributed by atoms with E-state index in [2.05, 4.69) is 27.4 Å². The molecule has 0 bridgehead atoms. The summed E-state index contributed by atoms with van der Waals surface area (Å²) in [4.78, 5) is 30.5. The first kappa shape index (κ1) is 18.7.